The third-order valence-electron chi connectivity index (χ3n) is 11.2. The van der Waals surface area contributed by atoms with Gasteiger partial charge in [0.15, 0.2) is 17.5 Å². The van der Waals surface area contributed by atoms with Gasteiger partial charge in [-0.15, -0.1) is 0 Å². The molecule has 59 heavy (non-hydrogen) atoms. The van der Waals surface area contributed by atoms with Gasteiger partial charge in [0.2, 0.25) is 0 Å². The van der Waals surface area contributed by atoms with E-state index in [0.717, 1.165) is 93.9 Å². The second-order valence-corrected chi connectivity index (χ2v) is 14.7. The Bertz CT molecular complexity index is 3630. The first kappa shape index (κ1) is 33.0. The van der Waals surface area contributed by atoms with E-state index in [1.807, 2.05) is 72.8 Å². The molecule has 5 aromatic heterocycles. The SMILES string of the molecule is c1ccc2cc(-c3ccc4ccc5ccc(-c6ccc(-c7nc(-c8cccc9cccnc89)nc(-c8cccc9c8oc8ccccc89)n7)cc6)nc5c4n3)ccc2c1. The van der Waals surface area contributed by atoms with E-state index < -0.39 is 0 Å². The molecular weight excluding hydrogens is 725 g/mol. The van der Waals surface area contributed by atoms with E-state index in [0.29, 0.717) is 17.5 Å². The Morgan fingerprint density at radius 3 is 1.73 bits per heavy atom. The number of pyridine rings is 3. The first-order chi connectivity index (χ1) is 29.2. The molecule has 0 N–H and O–H groups in total. The minimum Gasteiger partial charge on any atom is -0.455 e. The minimum absolute atomic E-state index is 0.519. The van der Waals surface area contributed by atoms with Crippen LogP contribution < -0.4 is 0 Å². The highest BCUT2D eigenvalue weighted by molar-refractivity contribution is 6.09. The van der Waals surface area contributed by atoms with Gasteiger partial charge in [-0.25, -0.2) is 24.9 Å². The molecule has 0 saturated heterocycles. The molecule has 0 radical (unpaired) electrons. The van der Waals surface area contributed by atoms with Crippen molar-refractivity contribution in [1.82, 2.24) is 29.9 Å². The Morgan fingerprint density at radius 1 is 0.339 bits per heavy atom. The summed E-state index contributed by atoms with van der Waals surface area (Å²) in [5.74, 6) is 1.59. The second kappa shape index (κ2) is 13.2. The lowest BCUT2D eigenvalue weighted by atomic mass is 10.0. The highest BCUT2D eigenvalue weighted by atomic mass is 16.3. The van der Waals surface area contributed by atoms with Crippen molar-refractivity contribution in [3.63, 3.8) is 0 Å². The van der Waals surface area contributed by atoms with Crippen molar-refractivity contribution in [2.45, 2.75) is 0 Å². The maximum atomic E-state index is 6.44. The summed E-state index contributed by atoms with van der Waals surface area (Å²) in [4.78, 5) is 30.4. The Hall–Kier alpha value is -8.16. The average Bonchev–Trinajstić information content (AvgIpc) is 3.70. The zero-order valence-electron chi connectivity index (χ0n) is 31.4. The number of fused-ring (bicyclic) bond motifs is 8. The maximum absolute atomic E-state index is 6.44. The summed E-state index contributed by atoms with van der Waals surface area (Å²) in [6.07, 6.45) is 1.80. The summed E-state index contributed by atoms with van der Waals surface area (Å²) in [6.45, 7) is 0. The van der Waals surface area contributed by atoms with Gasteiger partial charge in [-0.3, -0.25) is 4.98 Å². The molecule has 0 aliphatic rings. The van der Waals surface area contributed by atoms with Crippen LogP contribution in [0.4, 0.5) is 0 Å². The lowest BCUT2D eigenvalue weighted by Gasteiger charge is -2.11. The zero-order chi connectivity index (χ0) is 38.9. The molecule has 0 unspecified atom stereocenters. The smallest absolute Gasteiger partial charge is 0.167 e. The van der Waals surface area contributed by atoms with Gasteiger partial charge in [0.1, 0.15) is 11.2 Å². The normalized spacial score (nSPS) is 11.7. The Balaban J connectivity index is 0.968. The van der Waals surface area contributed by atoms with E-state index in [4.69, 9.17) is 34.3 Å². The Labute approximate surface area is 337 Å². The summed E-state index contributed by atoms with van der Waals surface area (Å²) in [5, 5.41) is 7.54. The first-order valence-corrected chi connectivity index (χ1v) is 19.5. The number of hydrogen-bond donors (Lipinski definition) is 0. The zero-order valence-corrected chi connectivity index (χ0v) is 31.4. The predicted octanol–water partition coefficient (Wildman–Crippen LogP) is 12.9. The molecule has 0 amide bonds. The highest BCUT2D eigenvalue weighted by Gasteiger charge is 2.19. The van der Waals surface area contributed by atoms with Gasteiger partial charge in [-0.1, -0.05) is 133 Å². The quantitative estimate of drug-likeness (QED) is 0.162. The van der Waals surface area contributed by atoms with Crippen molar-refractivity contribution in [2.24, 2.45) is 0 Å². The van der Waals surface area contributed by atoms with Crippen molar-refractivity contribution in [3.8, 4) is 56.7 Å². The molecule has 12 rings (SSSR count). The molecule has 5 heterocycles. The molecule has 0 aliphatic heterocycles. The minimum atomic E-state index is 0.519. The van der Waals surface area contributed by atoms with Crippen LogP contribution in [0.3, 0.4) is 0 Å². The van der Waals surface area contributed by atoms with Crippen LogP contribution in [0.2, 0.25) is 0 Å². The van der Waals surface area contributed by atoms with Crippen molar-refractivity contribution in [1.29, 1.82) is 0 Å². The van der Waals surface area contributed by atoms with Crippen LogP contribution in [0.15, 0.2) is 187 Å². The summed E-state index contributed by atoms with van der Waals surface area (Å²) in [5.41, 5.74) is 10.4. The number of para-hydroxylation sites is 3. The predicted molar refractivity (Wildman–Crippen MR) is 238 cm³/mol. The number of hydrogen-bond acceptors (Lipinski definition) is 7. The van der Waals surface area contributed by atoms with Crippen LogP contribution in [-0.2, 0) is 0 Å². The van der Waals surface area contributed by atoms with E-state index in [-0.39, 0.29) is 0 Å². The van der Waals surface area contributed by atoms with Crippen LogP contribution in [-0.4, -0.2) is 29.9 Å². The largest absolute Gasteiger partial charge is 0.455 e. The topological polar surface area (TPSA) is 90.5 Å². The molecule has 0 bridgehead atoms. The number of aromatic nitrogens is 6. The summed E-state index contributed by atoms with van der Waals surface area (Å²) in [6, 6.07) is 60.0. The first-order valence-electron chi connectivity index (χ1n) is 19.5. The van der Waals surface area contributed by atoms with Gasteiger partial charge in [0.05, 0.1) is 33.5 Å². The fourth-order valence-corrected chi connectivity index (χ4v) is 8.18. The maximum Gasteiger partial charge on any atom is 0.167 e. The third kappa shape index (κ3) is 5.59. The second-order valence-electron chi connectivity index (χ2n) is 14.7. The van der Waals surface area contributed by atoms with Gasteiger partial charge in [-0.05, 0) is 53.2 Å². The number of rotatable bonds is 5. The van der Waals surface area contributed by atoms with Gasteiger partial charge in [0, 0.05) is 55.4 Å². The summed E-state index contributed by atoms with van der Waals surface area (Å²) in [7, 11) is 0. The van der Waals surface area contributed by atoms with E-state index in [2.05, 4.69) is 103 Å². The average molecular weight is 755 g/mol. The van der Waals surface area contributed by atoms with Crippen molar-refractivity contribution in [2.75, 3.05) is 0 Å². The van der Waals surface area contributed by atoms with Gasteiger partial charge in [-0.2, -0.15) is 0 Å². The van der Waals surface area contributed by atoms with Gasteiger partial charge >= 0.3 is 0 Å². The molecule has 7 aromatic carbocycles. The Kier molecular flexibility index (Phi) is 7.40. The molecular formula is C52H30N6O. The molecule has 0 atom stereocenters. The molecule has 12 aromatic rings. The number of furan rings is 1. The van der Waals surface area contributed by atoms with Crippen LogP contribution in [0.1, 0.15) is 0 Å². The van der Waals surface area contributed by atoms with Crippen LogP contribution in [0.5, 0.6) is 0 Å². The van der Waals surface area contributed by atoms with Crippen molar-refractivity contribution in [3.05, 3.63) is 182 Å². The van der Waals surface area contributed by atoms with Crippen molar-refractivity contribution >= 4 is 65.4 Å². The van der Waals surface area contributed by atoms with Crippen molar-refractivity contribution < 1.29 is 4.42 Å². The fourth-order valence-electron chi connectivity index (χ4n) is 8.18. The molecule has 7 heteroatoms. The third-order valence-corrected chi connectivity index (χ3v) is 11.2. The summed E-state index contributed by atoms with van der Waals surface area (Å²) >= 11 is 0. The van der Waals surface area contributed by atoms with E-state index in [9.17, 15) is 0 Å². The summed E-state index contributed by atoms with van der Waals surface area (Å²) < 4.78 is 6.44. The lowest BCUT2D eigenvalue weighted by molar-refractivity contribution is 0.669. The van der Waals surface area contributed by atoms with E-state index in [1.54, 1.807) is 6.20 Å². The van der Waals surface area contributed by atoms with Crippen LogP contribution in [0, 0.1) is 0 Å². The van der Waals surface area contributed by atoms with Crippen LogP contribution in [0.25, 0.3) is 122 Å². The molecule has 274 valence electrons. The number of benzene rings is 7. The lowest BCUT2D eigenvalue weighted by Crippen LogP contribution is -2.01. The molecule has 0 aliphatic carbocycles. The number of nitrogens with zero attached hydrogens (tertiary/aromatic N) is 6. The molecule has 0 spiro atoms. The van der Waals surface area contributed by atoms with Crippen LogP contribution >= 0.6 is 0 Å². The molecule has 0 saturated carbocycles. The molecule has 7 nitrogen and oxygen atoms in total. The fraction of sp³-hybridized carbons (Fsp3) is 0. The molecule has 0 fully saturated rings. The van der Waals surface area contributed by atoms with Gasteiger partial charge < -0.3 is 4.42 Å². The van der Waals surface area contributed by atoms with E-state index >= 15 is 0 Å². The van der Waals surface area contributed by atoms with E-state index in [1.165, 1.54) is 10.8 Å². The highest BCUT2D eigenvalue weighted by Crippen LogP contribution is 2.37. The monoisotopic (exact) mass is 754 g/mol. The standard InChI is InChI=1S/C52H30N6O/c1-2-9-37-30-38(24-17-31(37)8-1)44-28-26-35-21-20-34-25-27-43(54-47(34)48(35)55-44)32-18-22-36(23-19-32)50-56-51(41-14-5-10-33-11-7-29-53-46(33)41)58-52(57-50)42-15-6-13-40-39-12-3-4-16-45(39)59-49(40)42/h1-30H. The van der Waals surface area contributed by atoms with Gasteiger partial charge in [0.25, 0.3) is 0 Å². The Morgan fingerprint density at radius 2 is 0.898 bits per heavy atom.